The van der Waals surface area contributed by atoms with Crippen molar-refractivity contribution in [3.8, 4) is 17.0 Å². The second kappa shape index (κ2) is 5.84. The maximum atomic E-state index is 5.93. The predicted octanol–water partition coefficient (Wildman–Crippen LogP) is 4.38. The zero-order valence-electron chi connectivity index (χ0n) is 12.2. The topological polar surface area (TPSA) is 48.1 Å². The third-order valence-corrected chi connectivity index (χ3v) is 4.40. The Morgan fingerprint density at radius 1 is 1.24 bits per heavy atom. The first-order valence-corrected chi connectivity index (χ1v) is 7.94. The number of hydrogen-bond acceptors (Lipinski definition) is 4. The summed E-state index contributed by atoms with van der Waals surface area (Å²) in [6.45, 7) is 4.58. The lowest BCUT2D eigenvalue weighted by atomic mass is 10.0. The van der Waals surface area contributed by atoms with Gasteiger partial charge in [-0.25, -0.2) is 4.98 Å². The molecule has 0 aliphatic carbocycles. The van der Waals surface area contributed by atoms with Gasteiger partial charge in [-0.05, 0) is 30.7 Å². The number of fused-ring (bicyclic) bond motifs is 1. The van der Waals surface area contributed by atoms with E-state index in [9.17, 15) is 0 Å². The fraction of sp³-hybridized carbons (Fsp3) is 0.235. The van der Waals surface area contributed by atoms with Crippen LogP contribution in [0.15, 0.2) is 41.8 Å². The van der Waals surface area contributed by atoms with Crippen molar-refractivity contribution in [1.29, 1.82) is 0 Å². The van der Waals surface area contributed by atoms with Crippen molar-refractivity contribution in [2.45, 2.75) is 19.9 Å². The molecule has 3 rings (SSSR count). The number of hydrogen-bond donors (Lipinski definition) is 1. The maximum absolute atomic E-state index is 5.93. The summed E-state index contributed by atoms with van der Waals surface area (Å²) in [5.41, 5.74) is 7.92. The van der Waals surface area contributed by atoms with Gasteiger partial charge < -0.3 is 10.5 Å². The summed E-state index contributed by atoms with van der Waals surface area (Å²) in [5, 5.41) is 5.35. The van der Waals surface area contributed by atoms with Crippen LogP contribution in [0.25, 0.3) is 22.0 Å². The third kappa shape index (κ3) is 2.64. The molecular formula is C17H18N2OS. The maximum Gasteiger partial charge on any atom is 0.129 e. The first kappa shape index (κ1) is 14.0. The zero-order chi connectivity index (χ0) is 14.8. The highest BCUT2D eigenvalue weighted by Gasteiger charge is 2.15. The van der Waals surface area contributed by atoms with E-state index in [1.54, 1.807) is 11.3 Å². The third-order valence-electron chi connectivity index (χ3n) is 3.36. The minimum Gasteiger partial charge on any atom is -0.493 e. The molecule has 108 valence electrons. The van der Waals surface area contributed by atoms with E-state index in [4.69, 9.17) is 10.5 Å². The summed E-state index contributed by atoms with van der Waals surface area (Å²) in [6.07, 6.45) is 0. The summed E-state index contributed by atoms with van der Waals surface area (Å²) in [6, 6.07) is 12.4. The Morgan fingerprint density at radius 2 is 2.05 bits per heavy atom. The van der Waals surface area contributed by atoms with E-state index in [0.29, 0.717) is 6.61 Å². The molecule has 2 N–H and O–H groups in total. The Balaban J connectivity index is 2.23. The SMILES string of the molecule is CCOc1ccc2ccccc2c1-c1csc(C(C)N)n1. The van der Waals surface area contributed by atoms with Crippen LogP contribution in [0.5, 0.6) is 5.75 Å². The first-order valence-electron chi connectivity index (χ1n) is 7.06. The first-order chi connectivity index (χ1) is 10.2. The number of ether oxygens (including phenoxy) is 1. The van der Waals surface area contributed by atoms with E-state index in [2.05, 4.69) is 28.6 Å². The molecule has 4 heteroatoms. The van der Waals surface area contributed by atoms with Crippen LogP contribution in [0.2, 0.25) is 0 Å². The van der Waals surface area contributed by atoms with E-state index in [0.717, 1.165) is 27.4 Å². The van der Waals surface area contributed by atoms with Gasteiger partial charge in [0.15, 0.2) is 0 Å². The Morgan fingerprint density at radius 3 is 2.76 bits per heavy atom. The molecule has 0 amide bonds. The van der Waals surface area contributed by atoms with Crippen LogP contribution < -0.4 is 10.5 Å². The van der Waals surface area contributed by atoms with Crippen LogP contribution in [0.4, 0.5) is 0 Å². The molecule has 0 spiro atoms. The smallest absolute Gasteiger partial charge is 0.129 e. The Hall–Kier alpha value is -1.91. The van der Waals surface area contributed by atoms with Gasteiger partial charge in [-0.3, -0.25) is 0 Å². The Bertz CT molecular complexity index is 764. The highest BCUT2D eigenvalue weighted by Crippen LogP contribution is 2.38. The van der Waals surface area contributed by atoms with Crippen molar-refractivity contribution in [3.63, 3.8) is 0 Å². The normalized spacial score (nSPS) is 12.5. The van der Waals surface area contributed by atoms with Gasteiger partial charge in [0, 0.05) is 5.38 Å². The summed E-state index contributed by atoms with van der Waals surface area (Å²) in [4.78, 5) is 4.69. The molecule has 3 aromatic rings. The van der Waals surface area contributed by atoms with Crippen LogP contribution in [0.1, 0.15) is 24.9 Å². The van der Waals surface area contributed by atoms with Crippen LogP contribution in [-0.4, -0.2) is 11.6 Å². The summed E-state index contributed by atoms with van der Waals surface area (Å²) < 4.78 is 5.80. The molecule has 0 saturated heterocycles. The van der Waals surface area contributed by atoms with Crippen LogP contribution in [0, 0.1) is 0 Å². The molecule has 2 aromatic carbocycles. The molecule has 0 aliphatic heterocycles. The van der Waals surface area contributed by atoms with Crippen molar-refractivity contribution in [2.24, 2.45) is 5.73 Å². The van der Waals surface area contributed by atoms with Crippen molar-refractivity contribution < 1.29 is 4.74 Å². The van der Waals surface area contributed by atoms with E-state index >= 15 is 0 Å². The van der Waals surface area contributed by atoms with E-state index in [1.165, 1.54) is 5.39 Å². The summed E-state index contributed by atoms with van der Waals surface area (Å²) >= 11 is 1.60. The summed E-state index contributed by atoms with van der Waals surface area (Å²) in [5.74, 6) is 0.873. The van der Waals surface area contributed by atoms with Gasteiger partial charge in [0.2, 0.25) is 0 Å². The lowest BCUT2D eigenvalue weighted by Crippen LogP contribution is -2.04. The number of nitrogens with zero attached hydrogens (tertiary/aromatic N) is 1. The minimum atomic E-state index is -0.0470. The quantitative estimate of drug-likeness (QED) is 0.777. The van der Waals surface area contributed by atoms with Crippen molar-refractivity contribution in [2.75, 3.05) is 6.61 Å². The van der Waals surface area contributed by atoms with Crippen molar-refractivity contribution in [3.05, 3.63) is 46.8 Å². The molecule has 1 unspecified atom stereocenters. The van der Waals surface area contributed by atoms with E-state index in [1.807, 2.05) is 32.0 Å². The predicted molar refractivity (Wildman–Crippen MR) is 88.8 cm³/mol. The van der Waals surface area contributed by atoms with Gasteiger partial charge in [-0.1, -0.05) is 30.3 Å². The molecule has 0 aliphatic rings. The average Bonchev–Trinajstić information content (AvgIpc) is 2.97. The number of aromatic nitrogens is 1. The molecule has 21 heavy (non-hydrogen) atoms. The summed E-state index contributed by atoms with van der Waals surface area (Å²) in [7, 11) is 0. The molecule has 1 atom stereocenters. The average molecular weight is 298 g/mol. The minimum absolute atomic E-state index is 0.0470. The van der Waals surface area contributed by atoms with Gasteiger partial charge in [0.25, 0.3) is 0 Å². The molecule has 1 aromatic heterocycles. The van der Waals surface area contributed by atoms with Crippen LogP contribution in [-0.2, 0) is 0 Å². The van der Waals surface area contributed by atoms with Crippen molar-refractivity contribution >= 4 is 22.1 Å². The van der Waals surface area contributed by atoms with Gasteiger partial charge >= 0.3 is 0 Å². The van der Waals surface area contributed by atoms with Gasteiger partial charge in [-0.15, -0.1) is 11.3 Å². The lowest BCUT2D eigenvalue weighted by Gasteiger charge is -2.12. The van der Waals surface area contributed by atoms with Gasteiger partial charge in [0.05, 0.1) is 23.9 Å². The fourth-order valence-electron chi connectivity index (χ4n) is 2.40. The Kier molecular flexibility index (Phi) is 3.90. The number of nitrogens with two attached hydrogens (primary N) is 1. The number of thiazole rings is 1. The van der Waals surface area contributed by atoms with Crippen LogP contribution >= 0.6 is 11.3 Å². The second-order valence-electron chi connectivity index (χ2n) is 4.95. The standard InChI is InChI=1S/C17H18N2OS/c1-3-20-15-9-8-12-6-4-5-7-13(12)16(15)14-10-21-17(19-14)11(2)18/h4-11H,3,18H2,1-2H3. The number of benzene rings is 2. The molecule has 0 fully saturated rings. The zero-order valence-corrected chi connectivity index (χ0v) is 13.0. The molecule has 0 bridgehead atoms. The second-order valence-corrected chi connectivity index (χ2v) is 5.84. The highest BCUT2D eigenvalue weighted by atomic mass is 32.1. The monoisotopic (exact) mass is 298 g/mol. The molecule has 1 heterocycles. The van der Waals surface area contributed by atoms with Crippen molar-refractivity contribution in [1.82, 2.24) is 4.98 Å². The van der Waals surface area contributed by atoms with E-state index < -0.39 is 0 Å². The van der Waals surface area contributed by atoms with Crippen LogP contribution in [0.3, 0.4) is 0 Å². The molecule has 0 saturated carbocycles. The molecular weight excluding hydrogens is 280 g/mol. The molecule has 0 radical (unpaired) electrons. The van der Waals surface area contributed by atoms with Gasteiger partial charge in [0.1, 0.15) is 10.8 Å². The van der Waals surface area contributed by atoms with Gasteiger partial charge in [-0.2, -0.15) is 0 Å². The fourth-order valence-corrected chi connectivity index (χ4v) is 3.17. The largest absolute Gasteiger partial charge is 0.493 e. The number of rotatable bonds is 4. The highest BCUT2D eigenvalue weighted by molar-refractivity contribution is 7.10. The Labute approximate surface area is 128 Å². The van der Waals surface area contributed by atoms with E-state index in [-0.39, 0.29) is 6.04 Å². The molecule has 3 nitrogen and oxygen atoms in total. The lowest BCUT2D eigenvalue weighted by molar-refractivity contribution is 0.342.